The van der Waals surface area contributed by atoms with E-state index in [1.165, 1.54) is 12.1 Å². The van der Waals surface area contributed by atoms with Gasteiger partial charge in [-0.3, -0.25) is 9.69 Å². The summed E-state index contributed by atoms with van der Waals surface area (Å²) < 4.78 is 13.0. The second-order valence-corrected chi connectivity index (χ2v) is 4.80. The summed E-state index contributed by atoms with van der Waals surface area (Å²) in [6.07, 6.45) is 0.867. The van der Waals surface area contributed by atoms with Crippen LogP contribution < -0.4 is 0 Å². The number of hydrogen-bond donors (Lipinski definition) is 1. The molecule has 1 rings (SSSR count). The van der Waals surface area contributed by atoms with E-state index in [-0.39, 0.29) is 11.9 Å². The molecule has 2 unspecified atom stereocenters. The van der Waals surface area contributed by atoms with Crippen LogP contribution in [-0.4, -0.2) is 29.1 Å². The molecule has 0 heterocycles. The molecule has 3 nitrogen and oxygen atoms in total. The minimum atomic E-state index is -0.785. The number of nitrogens with zero attached hydrogens (tertiary/aromatic N) is 1. The number of rotatable bonds is 7. The number of aliphatic carboxylic acids is 1. The van der Waals surface area contributed by atoms with Gasteiger partial charge in [0.15, 0.2) is 0 Å². The van der Waals surface area contributed by atoms with Crippen molar-refractivity contribution < 1.29 is 14.3 Å². The van der Waals surface area contributed by atoms with Gasteiger partial charge in [-0.25, -0.2) is 4.39 Å². The SMILES string of the molecule is CCC(c1ccc(F)cc1)N(CC)CC(C)C(=O)O. The fourth-order valence-electron chi connectivity index (χ4n) is 2.30. The van der Waals surface area contributed by atoms with Gasteiger partial charge >= 0.3 is 5.97 Å². The Bertz CT molecular complexity index is 405. The molecule has 0 fully saturated rings. The Balaban J connectivity index is 2.86. The van der Waals surface area contributed by atoms with Crippen molar-refractivity contribution in [2.75, 3.05) is 13.1 Å². The summed E-state index contributed by atoms with van der Waals surface area (Å²) >= 11 is 0. The largest absolute Gasteiger partial charge is 0.481 e. The van der Waals surface area contributed by atoms with Crippen LogP contribution in [0.15, 0.2) is 24.3 Å². The molecule has 0 aliphatic rings. The van der Waals surface area contributed by atoms with E-state index in [2.05, 4.69) is 11.8 Å². The molecule has 2 atom stereocenters. The number of halogens is 1. The second kappa shape index (κ2) is 7.24. The van der Waals surface area contributed by atoms with Crippen molar-refractivity contribution in [3.8, 4) is 0 Å². The third-order valence-corrected chi connectivity index (χ3v) is 3.42. The van der Waals surface area contributed by atoms with Crippen LogP contribution in [0.3, 0.4) is 0 Å². The summed E-state index contributed by atoms with van der Waals surface area (Å²) in [7, 11) is 0. The molecular weight excluding hydrogens is 245 g/mol. The van der Waals surface area contributed by atoms with E-state index < -0.39 is 11.9 Å². The molecule has 1 aromatic rings. The van der Waals surface area contributed by atoms with Gasteiger partial charge in [-0.1, -0.05) is 32.9 Å². The van der Waals surface area contributed by atoms with E-state index in [0.717, 1.165) is 18.5 Å². The van der Waals surface area contributed by atoms with Crippen LogP contribution in [0.5, 0.6) is 0 Å². The number of carboxylic acid groups (broad SMARTS) is 1. The number of carbonyl (C=O) groups is 1. The lowest BCUT2D eigenvalue weighted by atomic mass is 10.0. The minimum Gasteiger partial charge on any atom is -0.481 e. The summed E-state index contributed by atoms with van der Waals surface area (Å²) in [5.74, 6) is -1.44. The van der Waals surface area contributed by atoms with Crippen LogP contribution in [0.4, 0.5) is 4.39 Å². The van der Waals surface area contributed by atoms with Crippen molar-refractivity contribution >= 4 is 5.97 Å². The zero-order valence-corrected chi connectivity index (χ0v) is 11.8. The fraction of sp³-hybridized carbons (Fsp3) is 0.533. The number of hydrogen-bond acceptors (Lipinski definition) is 2. The van der Waals surface area contributed by atoms with Gasteiger partial charge in [-0.05, 0) is 30.7 Å². The van der Waals surface area contributed by atoms with E-state index >= 15 is 0 Å². The van der Waals surface area contributed by atoms with Crippen LogP contribution in [0.1, 0.15) is 38.8 Å². The van der Waals surface area contributed by atoms with E-state index in [9.17, 15) is 9.18 Å². The molecule has 0 aliphatic carbocycles. The Labute approximate surface area is 114 Å². The molecule has 1 aromatic carbocycles. The van der Waals surface area contributed by atoms with E-state index in [1.807, 2.05) is 6.92 Å². The number of benzene rings is 1. The van der Waals surface area contributed by atoms with Gasteiger partial charge in [0.1, 0.15) is 5.82 Å². The maximum Gasteiger partial charge on any atom is 0.307 e. The lowest BCUT2D eigenvalue weighted by molar-refractivity contribution is -0.141. The maximum absolute atomic E-state index is 13.0. The van der Waals surface area contributed by atoms with Gasteiger partial charge < -0.3 is 5.11 Å². The topological polar surface area (TPSA) is 40.5 Å². The van der Waals surface area contributed by atoms with Crippen LogP contribution in [-0.2, 0) is 4.79 Å². The molecule has 19 heavy (non-hydrogen) atoms. The first-order valence-corrected chi connectivity index (χ1v) is 6.71. The summed E-state index contributed by atoms with van der Waals surface area (Å²) in [4.78, 5) is 13.1. The Morgan fingerprint density at radius 2 is 1.89 bits per heavy atom. The lowest BCUT2D eigenvalue weighted by Gasteiger charge is -2.31. The van der Waals surface area contributed by atoms with Gasteiger partial charge in [0.25, 0.3) is 0 Å². The standard InChI is InChI=1S/C15H22FNO2/c1-4-14(12-6-8-13(16)9-7-12)17(5-2)10-11(3)15(18)19/h6-9,11,14H,4-5,10H2,1-3H3,(H,18,19). The van der Waals surface area contributed by atoms with Crippen LogP contribution in [0, 0.1) is 11.7 Å². The molecule has 0 radical (unpaired) electrons. The Hall–Kier alpha value is -1.42. The molecule has 4 heteroatoms. The van der Waals surface area contributed by atoms with Gasteiger partial charge in [-0.2, -0.15) is 0 Å². The monoisotopic (exact) mass is 267 g/mol. The predicted octanol–water partition coefficient (Wildman–Crippen LogP) is 3.32. The van der Waals surface area contributed by atoms with Crippen LogP contribution >= 0.6 is 0 Å². The zero-order valence-electron chi connectivity index (χ0n) is 11.8. The predicted molar refractivity (Wildman–Crippen MR) is 73.5 cm³/mol. The van der Waals surface area contributed by atoms with Crippen molar-refractivity contribution in [2.24, 2.45) is 5.92 Å². The van der Waals surface area contributed by atoms with Crippen molar-refractivity contribution in [3.05, 3.63) is 35.6 Å². The summed E-state index contributed by atoms with van der Waals surface area (Å²) in [6.45, 7) is 7.06. The Kier molecular flexibility index (Phi) is 5.96. The van der Waals surface area contributed by atoms with E-state index in [1.54, 1.807) is 19.1 Å². The third kappa shape index (κ3) is 4.31. The highest BCUT2D eigenvalue weighted by molar-refractivity contribution is 5.69. The Morgan fingerprint density at radius 3 is 2.32 bits per heavy atom. The molecule has 0 saturated heterocycles. The van der Waals surface area contributed by atoms with Crippen molar-refractivity contribution in [3.63, 3.8) is 0 Å². The molecule has 0 bridgehead atoms. The average molecular weight is 267 g/mol. The van der Waals surface area contributed by atoms with Crippen molar-refractivity contribution in [1.29, 1.82) is 0 Å². The quantitative estimate of drug-likeness (QED) is 0.824. The van der Waals surface area contributed by atoms with Gasteiger partial charge in [0.05, 0.1) is 5.92 Å². The van der Waals surface area contributed by atoms with Gasteiger partial charge in [0.2, 0.25) is 0 Å². The molecule has 0 aliphatic heterocycles. The van der Waals surface area contributed by atoms with Crippen molar-refractivity contribution in [2.45, 2.75) is 33.2 Å². The molecule has 106 valence electrons. The summed E-state index contributed by atoms with van der Waals surface area (Å²) in [6, 6.07) is 6.58. The summed E-state index contributed by atoms with van der Waals surface area (Å²) in [5.41, 5.74) is 1.03. The smallest absolute Gasteiger partial charge is 0.307 e. The lowest BCUT2D eigenvalue weighted by Crippen LogP contribution is -2.34. The van der Waals surface area contributed by atoms with E-state index in [0.29, 0.717) is 6.54 Å². The second-order valence-electron chi connectivity index (χ2n) is 4.80. The molecule has 0 aromatic heterocycles. The molecule has 0 amide bonds. The highest BCUT2D eigenvalue weighted by Crippen LogP contribution is 2.25. The third-order valence-electron chi connectivity index (χ3n) is 3.42. The van der Waals surface area contributed by atoms with Crippen molar-refractivity contribution in [1.82, 2.24) is 4.90 Å². The number of carboxylic acids is 1. The maximum atomic E-state index is 13.0. The highest BCUT2D eigenvalue weighted by Gasteiger charge is 2.22. The van der Waals surface area contributed by atoms with E-state index in [4.69, 9.17) is 5.11 Å². The first-order valence-electron chi connectivity index (χ1n) is 6.71. The normalized spacial score (nSPS) is 14.4. The molecule has 1 N–H and O–H groups in total. The average Bonchev–Trinajstić information content (AvgIpc) is 2.40. The summed E-state index contributed by atoms with van der Waals surface area (Å²) in [5, 5.41) is 9.01. The highest BCUT2D eigenvalue weighted by atomic mass is 19.1. The first kappa shape index (κ1) is 15.6. The fourth-order valence-corrected chi connectivity index (χ4v) is 2.30. The molecule has 0 saturated carbocycles. The first-order chi connectivity index (χ1) is 8.99. The minimum absolute atomic E-state index is 0.132. The van der Waals surface area contributed by atoms with Gasteiger partial charge in [-0.15, -0.1) is 0 Å². The van der Waals surface area contributed by atoms with Crippen LogP contribution in [0.2, 0.25) is 0 Å². The van der Waals surface area contributed by atoms with Gasteiger partial charge in [0, 0.05) is 12.6 Å². The molecular formula is C15H22FNO2. The molecule has 0 spiro atoms. The van der Waals surface area contributed by atoms with Crippen LogP contribution in [0.25, 0.3) is 0 Å². The Morgan fingerprint density at radius 1 is 1.32 bits per heavy atom. The zero-order chi connectivity index (χ0) is 14.4.